The van der Waals surface area contributed by atoms with Crippen LogP contribution in [0, 0.1) is 5.92 Å². The first-order chi connectivity index (χ1) is 23.6. The van der Waals surface area contributed by atoms with Gasteiger partial charge in [0.2, 0.25) is 0 Å². The molecule has 8 aromatic rings. The zero-order valence-electron chi connectivity index (χ0n) is 27.4. The van der Waals surface area contributed by atoms with Gasteiger partial charge in [-0.15, -0.1) is 0 Å². The summed E-state index contributed by atoms with van der Waals surface area (Å²) in [5.74, 6) is 0.621. The molecular weight excluding hydrogens is 579 g/mol. The zero-order chi connectivity index (χ0) is 32.2. The van der Waals surface area contributed by atoms with E-state index < -0.39 is 5.41 Å². The van der Waals surface area contributed by atoms with Crippen LogP contribution in [-0.2, 0) is 11.8 Å². The molecule has 0 radical (unpaired) electrons. The lowest BCUT2D eigenvalue weighted by Gasteiger charge is -2.34. The molecule has 0 aliphatic heterocycles. The fraction of sp³-hybridized carbons (Fsp3) is 0.106. The summed E-state index contributed by atoms with van der Waals surface area (Å²) in [5, 5.41) is 2.56. The molecule has 1 heteroatoms. The Morgan fingerprint density at radius 2 is 1.04 bits per heavy atom. The van der Waals surface area contributed by atoms with E-state index in [1.54, 1.807) is 0 Å². The van der Waals surface area contributed by atoms with Crippen LogP contribution >= 0.6 is 0 Å². The van der Waals surface area contributed by atoms with Crippen molar-refractivity contribution in [1.29, 1.82) is 0 Å². The van der Waals surface area contributed by atoms with Crippen molar-refractivity contribution < 1.29 is 0 Å². The minimum Gasteiger partial charge on any atom is -0.309 e. The van der Waals surface area contributed by atoms with Gasteiger partial charge >= 0.3 is 0 Å². The number of fused-ring (bicyclic) bond motifs is 6. The molecule has 230 valence electrons. The molecule has 0 saturated heterocycles. The second-order valence-corrected chi connectivity index (χ2v) is 13.6. The van der Waals surface area contributed by atoms with Crippen molar-refractivity contribution in [3.8, 4) is 27.9 Å². The Labute approximate surface area is 282 Å². The summed E-state index contributed by atoms with van der Waals surface area (Å²) in [6, 6.07) is 63.2. The zero-order valence-corrected chi connectivity index (χ0v) is 27.4. The minimum absolute atomic E-state index is 0.414. The highest BCUT2D eigenvalue weighted by Gasteiger charge is 2.45. The van der Waals surface area contributed by atoms with E-state index in [-0.39, 0.29) is 0 Å². The topological polar surface area (TPSA) is 4.93 Å². The average molecular weight is 616 g/mol. The van der Waals surface area contributed by atoms with E-state index in [1.165, 1.54) is 77.6 Å². The second kappa shape index (κ2) is 11.2. The highest BCUT2D eigenvalue weighted by molar-refractivity contribution is 6.09. The third-order valence-corrected chi connectivity index (χ3v) is 10.3. The summed E-state index contributed by atoms with van der Waals surface area (Å²) in [5.41, 5.74) is 15.0. The van der Waals surface area contributed by atoms with Crippen LogP contribution in [-0.4, -0.2) is 4.57 Å². The molecule has 1 aliphatic rings. The lowest BCUT2D eigenvalue weighted by Crippen LogP contribution is -2.28. The number of benzene rings is 7. The van der Waals surface area contributed by atoms with Crippen molar-refractivity contribution in [3.05, 3.63) is 198 Å². The van der Waals surface area contributed by atoms with E-state index >= 15 is 0 Å². The number of nitrogens with zero attached hydrogens (tertiary/aromatic N) is 1. The van der Waals surface area contributed by atoms with Crippen molar-refractivity contribution in [2.45, 2.75) is 25.7 Å². The second-order valence-electron chi connectivity index (χ2n) is 13.6. The monoisotopic (exact) mass is 615 g/mol. The molecule has 1 aliphatic carbocycles. The summed E-state index contributed by atoms with van der Waals surface area (Å²) in [7, 11) is 0. The summed E-state index contributed by atoms with van der Waals surface area (Å²) in [6.07, 6.45) is 1.08. The van der Waals surface area contributed by atoms with Crippen LogP contribution in [0.5, 0.6) is 0 Å². The van der Waals surface area contributed by atoms with Crippen molar-refractivity contribution in [3.63, 3.8) is 0 Å². The van der Waals surface area contributed by atoms with E-state index in [9.17, 15) is 0 Å². The highest BCUT2D eigenvalue weighted by atomic mass is 15.0. The van der Waals surface area contributed by atoms with Crippen LogP contribution in [0.1, 0.15) is 41.7 Å². The Bertz CT molecular complexity index is 2340. The smallest absolute Gasteiger partial charge is 0.0713 e. The van der Waals surface area contributed by atoms with Gasteiger partial charge in [0.05, 0.1) is 16.4 Å². The molecule has 9 rings (SSSR count). The normalized spacial score (nSPS) is 13.2. The van der Waals surface area contributed by atoms with E-state index in [2.05, 4.69) is 188 Å². The Kier molecular flexibility index (Phi) is 6.69. The molecule has 0 unspecified atom stereocenters. The molecule has 0 amide bonds. The van der Waals surface area contributed by atoms with E-state index in [0.717, 1.165) is 6.42 Å². The van der Waals surface area contributed by atoms with Gasteiger partial charge in [-0.1, -0.05) is 153 Å². The van der Waals surface area contributed by atoms with Gasteiger partial charge in [0.25, 0.3) is 0 Å². The molecule has 0 atom stereocenters. The molecule has 0 saturated carbocycles. The van der Waals surface area contributed by atoms with Crippen molar-refractivity contribution in [2.75, 3.05) is 0 Å². The van der Waals surface area contributed by atoms with Crippen molar-refractivity contribution in [1.82, 2.24) is 4.57 Å². The Hall–Kier alpha value is -5.66. The number of hydrogen-bond acceptors (Lipinski definition) is 0. The lowest BCUT2D eigenvalue weighted by molar-refractivity contribution is 0.646. The largest absolute Gasteiger partial charge is 0.309 e. The number of para-hydroxylation sites is 2. The van der Waals surface area contributed by atoms with Gasteiger partial charge in [0.15, 0.2) is 0 Å². The van der Waals surface area contributed by atoms with Gasteiger partial charge in [-0.3, -0.25) is 0 Å². The lowest BCUT2D eigenvalue weighted by atomic mass is 9.67. The Balaban J connectivity index is 1.20. The quantitative estimate of drug-likeness (QED) is 0.175. The molecule has 0 N–H and O–H groups in total. The van der Waals surface area contributed by atoms with Crippen LogP contribution in [0.2, 0.25) is 0 Å². The Morgan fingerprint density at radius 3 is 1.65 bits per heavy atom. The molecule has 48 heavy (non-hydrogen) atoms. The molecule has 0 fully saturated rings. The van der Waals surface area contributed by atoms with Crippen LogP contribution in [0.4, 0.5) is 0 Å². The van der Waals surface area contributed by atoms with Gasteiger partial charge in [0, 0.05) is 16.5 Å². The van der Waals surface area contributed by atoms with E-state index in [1.807, 2.05) is 0 Å². The maximum Gasteiger partial charge on any atom is 0.0713 e. The molecule has 1 nitrogen and oxygen atoms in total. The molecule has 0 spiro atoms. The van der Waals surface area contributed by atoms with E-state index in [4.69, 9.17) is 0 Å². The third-order valence-electron chi connectivity index (χ3n) is 10.3. The van der Waals surface area contributed by atoms with Crippen LogP contribution in [0.25, 0.3) is 49.7 Å². The van der Waals surface area contributed by atoms with Gasteiger partial charge in [0.1, 0.15) is 0 Å². The van der Waals surface area contributed by atoms with Gasteiger partial charge in [-0.2, -0.15) is 0 Å². The number of aromatic nitrogens is 1. The molecule has 7 aromatic carbocycles. The van der Waals surface area contributed by atoms with Crippen molar-refractivity contribution in [2.24, 2.45) is 5.92 Å². The SMILES string of the molecule is CC(C)Cc1ccc(C2(c3cccc(-c4ccc(-n5c6ccccc6c6ccccc65)cc4)c3)c3ccccc3-c3ccccc32)cc1. The number of rotatable bonds is 6. The van der Waals surface area contributed by atoms with Crippen LogP contribution < -0.4 is 0 Å². The van der Waals surface area contributed by atoms with Crippen molar-refractivity contribution >= 4 is 21.8 Å². The summed E-state index contributed by atoms with van der Waals surface area (Å²) >= 11 is 0. The first-order valence-corrected chi connectivity index (χ1v) is 17.1. The summed E-state index contributed by atoms with van der Waals surface area (Å²) < 4.78 is 2.38. The fourth-order valence-electron chi connectivity index (χ4n) is 8.32. The maximum absolute atomic E-state index is 2.43. The van der Waals surface area contributed by atoms with Crippen LogP contribution in [0.3, 0.4) is 0 Å². The maximum atomic E-state index is 2.43. The van der Waals surface area contributed by atoms with Gasteiger partial charge in [-0.05, 0) is 92.7 Å². The van der Waals surface area contributed by atoms with Gasteiger partial charge in [-0.25, -0.2) is 0 Å². The van der Waals surface area contributed by atoms with Gasteiger partial charge < -0.3 is 4.57 Å². The Morgan fingerprint density at radius 1 is 0.479 bits per heavy atom. The predicted octanol–water partition coefficient (Wildman–Crippen LogP) is 12.0. The van der Waals surface area contributed by atoms with E-state index in [0.29, 0.717) is 5.92 Å². The molecule has 1 heterocycles. The summed E-state index contributed by atoms with van der Waals surface area (Å²) in [6.45, 7) is 4.58. The number of hydrogen-bond donors (Lipinski definition) is 0. The first kappa shape index (κ1) is 28.6. The standard InChI is InChI=1S/C47H37N/c1-32(2)30-33-22-26-36(27-23-33)47(43-18-7-3-14-39(43)40-15-4-8-19-44(40)47)37-13-11-12-35(31-37)34-24-28-38(29-25-34)48-45-20-9-5-16-41(45)42-17-6-10-21-46(42)48/h3-29,31-32H,30H2,1-2H3. The predicted molar refractivity (Wildman–Crippen MR) is 202 cm³/mol. The molecular formula is C47H37N. The van der Waals surface area contributed by atoms with Crippen LogP contribution in [0.15, 0.2) is 170 Å². The highest BCUT2D eigenvalue weighted by Crippen LogP contribution is 2.56. The average Bonchev–Trinajstić information content (AvgIpc) is 3.63. The molecule has 1 aromatic heterocycles. The first-order valence-electron chi connectivity index (χ1n) is 17.1. The molecule has 0 bridgehead atoms. The third kappa shape index (κ3) is 4.31. The summed E-state index contributed by atoms with van der Waals surface area (Å²) in [4.78, 5) is 0. The fourth-order valence-corrected chi connectivity index (χ4v) is 8.32. The minimum atomic E-state index is -0.414.